The summed E-state index contributed by atoms with van der Waals surface area (Å²) in [5, 5.41) is 8.25. The zero-order chi connectivity index (χ0) is 11.7. The first-order valence-electron chi connectivity index (χ1n) is 5.20. The van der Waals surface area contributed by atoms with Crippen LogP contribution in [0.15, 0.2) is 0 Å². The lowest BCUT2D eigenvalue weighted by atomic mass is 9.99. The second-order valence-electron chi connectivity index (χ2n) is 5.39. The van der Waals surface area contributed by atoms with E-state index in [2.05, 4.69) is 32.6 Å². The van der Waals surface area contributed by atoms with Crippen molar-refractivity contribution in [2.45, 2.75) is 44.3 Å². The standard InChI is InChI=1S/C11H19ClN2O/c1-10(2)7-14(6-9(12)5-13)8-11(3,4)15-10/h9H,6-8H2,1-4H3. The number of alkyl halides is 1. The Balaban J connectivity index is 2.64. The van der Waals surface area contributed by atoms with Gasteiger partial charge in [-0.3, -0.25) is 4.90 Å². The minimum absolute atomic E-state index is 0.173. The van der Waals surface area contributed by atoms with Crippen molar-refractivity contribution in [1.29, 1.82) is 5.26 Å². The molecule has 1 aliphatic heterocycles. The van der Waals surface area contributed by atoms with Gasteiger partial charge in [0.25, 0.3) is 0 Å². The molecule has 1 saturated heterocycles. The molecule has 0 aromatic carbocycles. The van der Waals surface area contributed by atoms with E-state index in [1.807, 2.05) is 6.07 Å². The van der Waals surface area contributed by atoms with Crippen molar-refractivity contribution in [3.63, 3.8) is 0 Å². The molecular weight excluding hydrogens is 212 g/mol. The van der Waals surface area contributed by atoms with E-state index in [9.17, 15) is 0 Å². The Labute approximate surface area is 97.0 Å². The minimum Gasteiger partial charge on any atom is -0.367 e. The van der Waals surface area contributed by atoms with Crippen molar-refractivity contribution in [2.75, 3.05) is 19.6 Å². The summed E-state index contributed by atoms with van der Waals surface area (Å²) < 4.78 is 5.94. The number of hydrogen-bond acceptors (Lipinski definition) is 3. The number of hydrogen-bond donors (Lipinski definition) is 0. The van der Waals surface area contributed by atoms with Gasteiger partial charge in [0.15, 0.2) is 0 Å². The maximum absolute atomic E-state index is 8.69. The van der Waals surface area contributed by atoms with E-state index in [-0.39, 0.29) is 11.2 Å². The zero-order valence-electron chi connectivity index (χ0n) is 9.88. The molecule has 4 heteroatoms. The van der Waals surface area contributed by atoms with E-state index in [4.69, 9.17) is 21.6 Å². The lowest BCUT2D eigenvalue weighted by molar-refractivity contribution is -0.179. The maximum atomic E-state index is 8.69. The molecule has 86 valence electrons. The summed E-state index contributed by atoms with van der Waals surface area (Å²) in [7, 11) is 0. The molecule has 15 heavy (non-hydrogen) atoms. The maximum Gasteiger partial charge on any atom is 0.133 e. The van der Waals surface area contributed by atoms with Crippen LogP contribution in [0.25, 0.3) is 0 Å². The van der Waals surface area contributed by atoms with E-state index < -0.39 is 5.38 Å². The average molecular weight is 231 g/mol. The van der Waals surface area contributed by atoms with Gasteiger partial charge < -0.3 is 4.74 Å². The molecule has 0 aliphatic carbocycles. The number of halogens is 1. The topological polar surface area (TPSA) is 36.3 Å². The number of nitrogens with zero attached hydrogens (tertiary/aromatic N) is 2. The molecule has 0 amide bonds. The van der Waals surface area contributed by atoms with Crippen molar-refractivity contribution in [3.8, 4) is 6.07 Å². The molecule has 0 N–H and O–H groups in total. The van der Waals surface area contributed by atoms with Gasteiger partial charge in [0, 0.05) is 19.6 Å². The second-order valence-corrected chi connectivity index (χ2v) is 5.91. The Morgan fingerprint density at radius 1 is 1.33 bits per heavy atom. The fraction of sp³-hybridized carbons (Fsp3) is 0.909. The van der Waals surface area contributed by atoms with Crippen LogP contribution in [0.5, 0.6) is 0 Å². The summed E-state index contributed by atoms with van der Waals surface area (Å²) in [6.45, 7) is 10.5. The van der Waals surface area contributed by atoms with Gasteiger partial charge in [-0.25, -0.2) is 0 Å². The van der Waals surface area contributed by atoms with Crippen LogP contribution in [0.3, 0.4) is 0 Å². The molecule has 0 aromatic rings. The van der Waals surface area contributed by atoms with Gasteiger partial charge in [0.2, 0.25) is 0 Å². The van der Waals surface area contributed by atoms with Gasteiger partial charge >= 0.3 is 0 Å². The largest absolute Gasteiger partial charge is 0.367 e. The van der Waals surface area contributed by atoms with Crippen LogP contribution in [0, 0.1) is 11.3 Å². The highest BCUT2D eigenvalue weighted by Gasteiger charge is 2.38. The molecule has 0 radical (unpaired) electrons. The molecule has 0 saturated carbocycles. The van der Waals surface area contributed by atoms with Crippen LogP contribution < -0.4 is 0 Å². The van der Waals surface area contributed by atoms with E-state index in [1.54, 1.807) is 0 Å². The van der Waals surface area contributed by atoms with Crippen molar-refractivity contribution in [1.82, 2.24) is 4.90 Å². The normalized spacial score (nSPS) is 26.9. The molecule has 0 spiro atoms. The van der Waals surface area contributed by atoms with Crippen LogP contribution in [0.2, 0.25) is 0 Å². The predicted molar refractivity (Wildman–Crippen MR) is 60.9 cm³/mol. The molecule has 3 nitrogen and oxygen atoms in total. The predicted octanol–water partition coefficient (Wildman–Crippen LogP) is 2.01. The third-order valence-corrected chi connectivity index (χ3v) is 2.56. The molecule has 1 aliphatic rings. The molecular formula is C11H19ClN2O. The fourth-order valence-electron chi connectivity index (χ4n) is 2.34. The van der Waals surface area contributed by atoms with Gasteiger partial charge in [-0.15, -0.1) is 11.6 Å². The fourth-order valence-corrected chi connectivity index (χ4v) is 2.54. The van der Waals surface area contributed by atoms with Crippen LogP contribution in [-0.4, -0.2) is 41.1 Å². The van der Waals surface area contributed by atoms with Crippen molar-refractivity contribution in [3.05, 3.63) is 0 Å². The number of rotatable bonds is 2. The van der Waals surface area contributed by atoms with Gasteiger partial charge in [-0.1, -0.05) is 0 Å². The highest BCUT2D eigenvalue weighted by Crippen LogP contribution is 2.28. The second kappa shape index (κ2) is 4.29. The third-order valence-electron chi connectivity index (χ3n) is 2.32. The van der Waals surface area contributed by atoms with Crippen LogP contribution in [0.4, 0.5) is 0 Å². The molecule has 1 heterocycles. The number of nitriles is 1. The zero-order valence-corrected chi connectivity index (χ0v) is 10.6. The van der Waals surface area contributed by atoms with E-state index in [0.29, 0.717) is 6.54 Å². The lowest BCUT2D eigenvalue weighted by Gasteiger charge is -2.47. The van der Waals surface area contributed by atoms with Crippen LogP contribution >= 0.6 is 11.6 Å². The highest BCUT2D eigenvalue weighted by molar-refractivity contribution is 6.22. The van der Waals surface area contributed by atoms with Crippen molar-refractivity contribution < 1.29 is 4.74 Å². The third kappa shape index (κ3) is 3.98. The summed E-state index contributed by atoms with van der Waals surface area (Å²) >= 11 is 5.84. The summed E-state index contributed by atoms with van der Waals surface area (Å²) in [6, 6.07) is 2.05. The number of ether oxygens (including phenoxy) is 1. The lowest BCUT2D eigenvalue weighted by Crippen LogP contribution is -2.57. The number of morpholine rings is 1. The van der Waals surface area contributed by atoms with Crippen LogP contribution in [0.1, 0.15) is 27.7 Å². The Morgan fingerprint density at radius 2 is 1.80 bits per heavy atom. The molecule has 0 bridgehead atoms. The van der Waals surface area contributed by atoms with Crippen molar-refractivity contribution in [2.24, 2.45) is 0 Å². The Hall–Kier alpha value is -0.300. The first kappa shape index (κ1) is 12.8. The first-order valence-corrected chi connectivity index (χ1v) is 5.64. The summed E-state index contributed by atoms with van der Waals surface area (Å²) in [4.78, 5) is 2.20. The van der Waals surface area contributed by atoms with E-state index >= 15 is 0 Å². The van der Waals surface area contributed by atoms with E-state index in [0.717, 1.165) is 13.1 Å². The first-order chi connectivity index (χ1) is 6.74. The summed E-state index contributed by atoms with van der Waals surface area (Å²) in [5.74, 6) is 0. The van der Waals surface area contributed by atoms with Gasteiger partial charge in [-0.2, -0.15) is 5.26 Å². The minimum atomic E-state index is -0.435. The smallest absolute Gasteiger partial charge is 0.133 e. The van der Waals surface area contributed by atoms with Gasteiger partial charge in [0.05, 0.1) is 17.3 Å². The molecule has 1 atom stereocenters. The molecule has 1 fully saturated rings. The Bertz CT molecular complexity index is 254. The average Bonchev–Trinajstić information content (AvgIpc) is 1.97. The molecule has 0 aromatic heterocycles. The summed E-state index contributed by atoms with van der Waals surface area (Å²) in [6.07, 6.45) is 0. The SMILES string of the molecule is CC1(C)CN(CC(Cl)C#N)CC(C)(C)O1. The van der Waals surface area contributed by atoms with Crippen LogP contribution in [-0.2, 0) is 4.74 Å². The summed E-state index contributed by atoms with van der Waals surface area (Å²) in [5.41, 5.74) is -0.346. The monoisotopic (exact) mass is 230 g/mol. The Morgan fingerprint density at radius 3 is 2.20 bits per heavy atom. The highest BCUT2D eigenvalue weighted by atomic mass is 35.5. The Kier molecular flexibility index (Phi) is 3.65. The quantitative estimate of drug-likeness (QED) is 0.681. The van der Waals surface area contributed by atoms with Gasteiger partial charge in [0.1, 0.15) is 5.38 Å². The van der Waals surface area contributed by atoms with E-state index in [1.165, 1.54) is 0 Å². The van der Waals surface area contributed by atoms with Gasteiger partial charge in [-0.05, 0) is 27.7 Å². The van der Waals surface area contributed by atoms with Crippen molar-refractivity contribution >= 4 is 11.6 Å². The molecule has 1 rings (SSSR count). The molecule has 1 unspecified atom stereocenters.